The number of aliphatic hydroxyl groups excluding tert-OH is 1. The quantitative estimate of drug-likeness (QED) is 0.733. The molecule has 5 nitrogen and oxygen atoms in total. The summed E-state index contributed by atoms with van der Waals surface area (Å²) in [7, 11) is 0. The van der Waals surface area contributed by atoms with Gasteiger partial charge in [-0.2, -0.15) is 18.3 Å². The zero-order chi connectivity index (χ0) is 15.2. The van der Waals surface area contributed by atoms with Crippen molar-refractivity contribution in [3.8, 4) is 0 Å². The first-order chi connectivity index (χ1) is 9.35. The molecule has 1 aromatic heterocycles. The molecular formula is C11H15BrF3N3O2. The van der Waals surface area contributed by atoms with Crippen LogP contribution >= 0.6 is 15.9 Å². The number of hydrogen-bond donors (Lipinski definition) is 2. The number of rotatable bonds is 7. The van der Waals surface area contributed by atoms with Crippen molar-refractivity contribution < 1.29 is 18.3 Å². The largest absolute Gasteiger partial charge is 0.394 e. The van der Waals surface area contributed by atoms with E-state index in [0.717, 1.165) is 4.68 Å². The predicted octanol–water partition coefficient (Wildman–Crippen LogP) is 2.14. The fraction of sp³-hybridized carbons (Fsp3) is 0.636. The van der Waals surface area contributed by atoms with Crippen molar-refractivity contribution >= 4 is 21.6 Å². The highest BCUT2D eigenvalue weighted by atomic mass is 79.9. The van der Waals surface area contributed by atoms with Crippen molar-refractivity contribution in [2.24, 2.45) is 0 Å². The Balaban J connectivity index is 2.49. The summed E-state index contributed by atoms with van der Waals surface area (Å²) in [5.41, 5.74) is 0.0236. The highest BCUT2D eigenvalue weighted by molar-refractivity contribution is 9.10. The second-order valence-corrected chi connectivity index (χ2v) is 4.92. The zero-order valence-corrected chi connectivity index (χ0v) is 12.2. The zero-order valence-electron chi connectivity index (χ0n) is 10.6. The molecule has 0 saturated carbocycles. The number of unbranched alkanes of at least 4 members (excludes halogenated alkanes) is 1. The van der Waals surface area contributed by atoms with Crippen molar-refractivity contribution in [3.63, 3.8) is 0 Å². The van der Waals surface area contributed by atoms with Crippen LogP contribution in [-0.4, -0.2) is 34.2 Å². The lowest BCUT2D eigenvalue weighted by Crippen LogP contribution is -2.26. The number of nitrogens with zero attached hydrogens (tertiary/aromatic N) is 2. The van der Waals surface area contributed by atoms with Crippen molar-refractivity contribution in [2.45, 2.75) is 32.0 Å². The Hall–Kier alpha value is -1.09. The number of nitrogens with one attached hydrogen (secondary N) is 1. The van der Waals surface area contributed by atoms with E-state index in [1.54, 1.807) is 0 Å². The highest BCUT2D eigenvalue weighted by Gasteiger charge is 2.25. The molecule has 0 spiro atoms. The molecule has 0 atom stereocenters. The Morgan fingerprint density at radius 3 is 2.70 bits per heavy atom. The highest BCUT2D eigenvalue weighted by Crippen LogP contribution is 2.22. The first kappa shape index (κ1) is 17.0. The topological polar surface area (TPSA) is 67.2 Å². The van der Waals surface area contributed by atoms with Crippen LogP contribution in [0.2, 0.25) is 0 Å². The molecule has 1 heterocycles. The molecule has 0 aliphatic heterocycles. The maximum absolute atomic E-state index is 11.9. The summed E-state index contributed by atoms with van der Waals surface area (Å²) in [6, 6.07) is 0. The van der Waals surface area contributed by atoms with E-state index in [-0.39, 0.29) is 24.0 Å². The average Bonchev–Trinajstić information content (AvgIpc) is 2.36. The van der Waals surface area contributed by atoms with E-state index in [1.165, 1.54) is 6.20 Å². The SMILES string of the molecule is O=c1c(Br)c(NCCCCC(F)(F)F)cnn1CCO. The van der Waals surface area contributed by atoms with Gasteiger partial charge in [-0.3, -0.25) is 4.79 Å². The molecule has 0 aliphatic carbocycles. The van der Waals surface area contributed by atoms with Gasteiger partial charge in [-0.05, 0) is 28.8 Å². The molecule has 0 unspecified atom stereocenters. The van der Waals surface area contributed by atoms with Gasteiger partial charge >= 0.3 is 6.18 Å². The maximum Gasteiger partial charge on any atom is 0.389 e. The monoisotopic (exact) mass is 357 g/mol. The molecule has 1 rings (SSSR count). The number of aliphatic hydroxyl groups is 1. The molecule has 0 radical (unpaired) electrons. The minimum atomic E-state index is -4.13. The summed E-state index contributed by atoms with van der Waals surface area (Å²) in [4.78, 5) is 11.8. The van der Waals surface area contributed by atoms with Crippen LogP contribution in [0.3, 0.4) is 0 Å². The Morgan fingerprint density at radius 2 is 2.10 bits per heavy atom. The van der Waals surface area contributed by atoms with E-state index in [2.05, 4.69) is 26.3 Å². The van der Waals surface area contributed by atoms with Crippen molar-refractivity contribution in [2.75, 3.05) is 18.5 Å². The van der Waals surface area contributed by atoms with Gasteiger partial charge in [0.05, 0.1) is 25.0 Å². The lowest BCUT2D eigenvalue weighted by Gasteiger charge is -2.10. The second-order valence-electron chi connectivity index (χ2n) is 4.12. The van der Waals surface area contributed by atoms with Crippen LogP contribution in [-0.2, 0) is 6.54 Å². The van der Waals surface area contributed by atoms with Crippen LogP contribution in [0.1, 0.15) is 19.3 Å². The average molecular weight is 358 g/mol. The van der Waals surface area contributed by atoms with E-state index in [1.807, 2.05) is 0 Å². The third kappa shape index (κ3) is 5.49. The molecule has 0 saturated heterocycles. The molecule has 9 heteroatoms. The molecule has 2 N–H and O–H groups in total. The smallest absolute Gasteiger partial charge is 0.389 e. The lowest BCUT2D eigenvalue weighted by atomic mass is 10.2. The summed E-state index contributed by atoms with van der Waals surface area (Å²) in [6.07, 6.45) is -3.18. The molecule has 0 bridgehead atoms. The number of aromatic nitrogens is 2. The third-order valence-corrected chi connectivity index (χ3v) is 3.27. The van der Waals surface area contributed by atoms with Crippen molar-refractivity contribution in [1.29, 1.82) is 0 Å². The van der Waals surface area contributed by atoms with Gasteiger partial charge in [0.15, 0.2) is 0 Å². The Bertz CT molecular complexity index is 491. The summed E-state index contributed by atoms with van der Waals surface area (Å²) < 4.78 is 37.2. The molecule has 0 aliphatic rings. The third-order valence-electron chi connectivity index (χ3n) is 2.50. The van der Waals surface area contributed by atoms with Crippen LogP contribution < -0.4 is 10.9 Å². The predicted molar refractivity (Wildman–Crippen MR) is 71.7 cm³/mol. The van der Waals surface area contributed by atoms with E-state index in [4.69, 9.17) is 5.11 Å². The number of hydrogen-bond acceptors (Lipinski definition) is 4. The van der Waals surface area contributed by atoms with Crippen LogP contribution in [0.4, 0.5) is 18.9 Å². The van der Waals surface area contributed by atoms with E-state index >= 15 is 0 Å². The lowest BCUT2D eigenvalue weighted by molar-refractivity contribution is -0.135. The Labute approximate surface area is 121 Å². The normalized spacial score (nSPS) is 11.7. The van der Waals surface area contributed by atoms with Crippen molar-refractivity contribution in [3.05, 3.63) is 21.0 Å². The fourth-order valence-corrected chi connectivity index (χ4v) is 1.96. The molecular weight excluding hydrogens is 343 g/mol. The van der Waals surface area contributed by atoms with E-state index in [0.29, 0.717) is 18.7 Å². The van der Waals surface area contributed by atoms with Crippen LogP contribution in [0.15, 0.2) is 15.5 Å². The van der Waals surface area contributed by atoms with Crippen molar-refractivity contribution in [1.82, 2.24) is 9.78 Å². The number of halogens is 4. The Morgan fingerprint density at radius 1 is 1.40 bits per heavy atom. The molecule has 0 fully saturated rings. The van der Waals surface area contributed by atoms with Gasteiger partial charge in [0.1, 0.15) is 4.47 Å². The fourth-order valence-electron chi connectivity index (χ4n) is 1.52. The van der Waals surface area contributed by atoms with Crippen LogP contribution in [0, 0.1) is 0 Å². The number of alkyl halides is 3. The second kappa shape index (κ2) is 7.63. The molecule has 1 aromatic rings. The van der Waals surface area contributed by atoms with Gasteiger partial charge < -0.3 is 10.4 Å². The summed E-state index contributed by atoms with van der Waals surface area (Å²) in [5, 5.41) is 15.4. The van der Waals surface area contributed by atoms with Gasteiger partial charge in [-0.15, -0.1) is 0 Å². The van der Waals surface area contributed by atoms with Crippen LogP contribution in [0.25, 0.3) is 0 Å². The van der Waals surface area contributed by atoms with Gasteiger partial charge in [-0.25, -0.2) is 4.68 Å². The first-order valence-electron chi connectivity index (χ1n) is 6.02. The van der Waals surface area contributed by atoms with E-state index in [9.17, 15) is 18.0 Å². The van der Waals surface area contributed by atoms with Gasteiger partial charge in [-0.1, -0.05) is 0 Å². The maximum atomic E-state index is 11.9. The molecule has 20 heavy (non-hydrogen) atoms. The number of anilines is 1. The summed E-state index contributed by atoms with van der Waals surface area (Å²) in [5.74, 6) is 0. The molecule has 0 aromatic carbocycles. The van der Waals surface area contributed by atoms with Crippen LogP contribution in [0.5, 0.6) is 0 Å². The Kier molecular flexibility index (Phi) is 6.47. The summed E-state index contributed by atoms with van der Waals surface area (Å²) in [6.45, 7) is 0.201. The van der Waals surface area contributed by atoms with Gasteiger partial charge in [0, 0.05) is 13.0 Å². The first-order valence-corrected chi connectivity index (χ1v) is 6.81. The molecule has 114 valence electrons. The standard InChI is InChI=1S/C11H15BrF3N3O2/c12-9-8(7-17-18(5-6-19)10(9)20)16-4-2-1-3-11(13,14)15/h7,16,19H,1-6H2. The summed E-state index contributed by atoms with van der Waals surface area (Å²) >= 11 is 3.10. The van der Waals surface area contributed by atoms with Gasteiger partial charge in [0.2, 0.25) is 0 Å². The molecule has 0 amide bonds. The minimum absolute atomic E-state index is 0.0309. The van der Waals surface area contributed by atoms with Gasteiger partial charge in [0.25, 0.3) is 5.56 Å². The minimum Gasteiger partial charge on any atom is -0.394 e. The van der Waals surface area contributed by atoms with E-state index < -0.39 is 18.2 Å².